The summed E-state index contributed by atoms with van der Waals surface area (Å²) in [5.74, 6) is -0.462. The molecule has 1 aliphatic heterocycles. The van der Waals surface area contributed by atoms with E-state index in [1.54, 1.807) is 0 Å². The fourth-order valence-corrected chi connectivity index (χ4v) is 4.39. The molecule has 0 saturated carbocycles. The predicted molar refractivity (Wildman–Crippen MR) is 91.9 cm³/mol. The fraction of sp³-hybridized carbons (Fsp3) is 0.600. The minimum atomic E-state index is -3.95. The Bertz CT molecular complexity index is 670. The normalized spacial score (nSPS) is 20.1. The highest BCUT2D eigenvalue weighted by Gasteiger charge is 2.34. The van der Waals surface area contributed by atoms with Crippen LogP contribution in [0.3, 0.4) is 0 Å². The van der Waals surface area contributed by atoms with Crippen molar-refractivity contribution < 1.29 is 22.3 Å². The van der Waals surface area contributed by atoms with E-state index < -0.39 is 20.7 Å². The van der Waals surface area contributed by atoms with E-state index in [4.69, 9.17) is 15.2 Å². The number of methoxy groups -OCH3 is 2. The third-order valence-electron chi connectivity index (χ3n) is 4.22. The van der Waals surface area contributed by atoms with E-state index in [2.05, 4.69) is 0 Å². The molecule has 2 N–H and O–H groups in total. The van der Waals surface area contributed by atoms with Gasteiger partial charge in [0.15, 0.2) is 11.5 Å². The molecule has 0 radical (unpaired) electrons. The van der Waals surface area contributed by atoms with E-state index in [9.17, 15) is 12.8 Å². The van der Waals surface area contributed by atoms with E-state index in [1.165, 1.54) is 24.6 Å². The average Bonchev–Trinajstić information content (AvgIpc) is 2.54. The highest BCUT2D eigenvalue weighted by Crippen LogP contribution is 2.34. The number of halogens is 2. The van der Waals surface area contributed by atoms with Crippen molar-refractivity contribution in [3.8, 4) is 11.5 Å². The van der Waals surface area contributed by atoms with Crippen LogP contribution in [0.25, 0.3) is 0 Å². The maximum Gasteiger partial charge on any atom is 0.246 e. The number of ether oxygens (including phenoxy) is 2. The molecule has 0 bridgehead atoms. The summed E-state index contributed by atoms with van der Waals surface area (Å²) < 4.78 is 51.2. The lowest BCUT2D eigenvalue weighted by Gasteiger charge is -2.33. The zero-order valence-electron chi connectivity index (χ0n) is 14.0. The molecule has 2 atom stereocenters. The molecule has 0 aromatic heterocycles. The highest BCUT2D eigenvalue weighted by atomic mass is 35.5. The van der Waals surface area contributed by atoms with Crippen LogP contribution in [0, 0.1) is 11.7 Å². The van der Waals surface area contributed by atoms with Crippen LogP contribution in [-0.2, 0) is 10.0 Å². The van der Waals surface area contributed by atoms with Gasteiger partial charge in [-0.15, -0.1) is 12.4 Å². The second-order valence-corrected chi connectivity index (χ2v) is 7.67. The van der Waals surface area contributed by atoms with Crippen LogP contribution in [0.1, 0.15) is 19.8 Å². The molecule has 1 saturated heterocycles. The van der Waals surface area contributed by atoms with Gasteiger partial charge in [0.2, 0.25) is 10.0 Å². The van der Waals surface area contributed by atoms with Gasteiger partial charge < -0.3 is 15.2 Å². The standard InChI is InChI=1S/C15H23FN2O4S.ClH/c1-10(17)11-5-4-6-18(9-11)23(19,20)15-8-14(22-3)13(21-2)7-12(15)16;/h7-8,10-11H,4-6,9,17H2,1-3H3;1H. The van der Waals surface area contributed by atoms with Crippen molar-refractivity contribution in [2.24, 2.45) is 11.7 Å². The molecule has 0 amide bonds. The Balaban J connectivity index is 0.00000288. The molecule has 1 aromatic carbocycles. The van der Waals surface area contributed by atoms with Crippen molar-refractivity contribution in [3.05, 3.63) is 17.9 Å². The van der Waals surface area contributed by atoms with Gasteiger partial charge in [0.25, 0.3) is 0 Å². The van der Waals surface area contributed by atoms with Gasteiger partial charge in [-0.1, -0.05) is 0 Å². The van der Waals surface area contributed by atoms with Gasteiger partial charge in [-0.25, -0.2) is 12.8 Å². The first kappa shape index (κ1) is 21.0. The third-order valence-corrected chi connectivity index (χ3v) is 6.10. The van der Waals surface area contributed by atoms with Crippen LogP contribution in [0.5, 0.6) is 11.5 Å². The van der Waals surface area contributed by atoms with Gasteiger partial charge in [-0.3, -0.25) is 0 Å². The van der Waals surface area contributed by atoms with E-state index in [0.29, 0.717) is 19.5 Å². The lowest BCUT2D eigenvalue weighted by molar-refractivity contribution is 0.242. The van der Waals surface area contributed by atoms with Crippen LogP contribution in [-0.4, -0.2) is 46.1 Å². The Morgan fingerprint density at radius 3 is 2.42 bits per heavy atom. The second kappa shape index (κ2) is 8.33. The summed E-state index contributed by atoms with van der Waals surface area (Å²) in [6, 6.07) is 2.08. The zero-order chi connectivity index (χ0) is 17.2. The Morgan fingerprint density at radius 2 is 1.88 bits per heavy atom. The fourth-order valence-electron chi connectivity index (χ4n) is 2.79. The van der Waals surface area contributed by atoms with Crippen molar-refractivity contribution in [2.45, 2.75) is 30.7 Å². The molecule has 6 nitrogen and oxygen atoms in total. The molecule has 24 heavy (non-hydrogen) atoms. The summed E-state index contributed by atoms with van der Waals surface area (Å²) in [6.45, 7) is 2.52. The summed E-state index contributed by atoms with van der Waals surface area (Å²) in [4.78, 5) is -0.402. The van der Waals surface area contributed by atoms with Gasteiger partial charge in [0.1, 0.15) is 10.7 Å². The summed E-state index contributed by atoms with van der Waals surface area (Å²) >= 11 is 0. The number of sulfonamides is 1. The Morgan fingerprint density at radius 1 is 1.29 bits per heavy atom. The third kappa shape index (κ3) is 4.11. The molecule has 1 fully saturated rings. The first-order chi connectivity index (χ1) is 10.8. The summed E-state index contributed by atoms with van der Waals surface area (Å²) in [6.07, 6.45) is 1.58. The first-order valence-corrected chi connectivity index (χ1v) is 8.92. The topological polar surface area (TPSA) is 81.9 Å². The smallest absolute Gasteiger partial charge is 0.246 e. The average molecular weight is 383 g/mol. The summed E-state index contributed by atoms with van der Waals surface area (Å²) in [7, 11) is -1.21. The number of nitrogens with two attached hydrogens (primary N) is 1. The Labute approximate surface area is 148 Å². The van der Waals surface area contributed by atoms with Crippen LogP contribution >= 0.6 is 12.4 Å². The van der Waals surface area contributed by atoms with E-state index in [0.717, 1.165) is 12.5 Å². The van der Waals surface area contributed by atoms with Gasteiger partial charge in [-0.2, -0.15) is 4.31 Å². The molecule has 1 aromatic rings. The highest BCUT2D eigenvalue weighted by molar-refractivity contribution is 7.89. The van der Waals surface area contributed by atoms with Crippen molar-refractivity contribution in [3.63, 3.8) is 0 Å². The molecule has 138 valence electrons. The lowest BCUT2D eigenvalue weighted by atomic mass is 9.93. The molecule has 1 aliphatic rings. The van der Waals surface area contributed by atoms with Crippen LogP contribution in [0.15, 0.2) is 17.0 Å². The lowest BCUT2D eigenvalue weighted by Crippen LogP contribution is -2.45. The Hall–Kier alpha value is -1.09. The van der Waals surface area contributed by atoms with Crippen molar-refractivity contribution in [1.29, 1.82) is 0 Å². The monoisotopic (exact) mass is 382 g/mol. The zero-order valence-corrected chi connectivity index (χ0v) is 15.6. The predicted octanol–water partition coefficient (Wildman–Crippen LogP) is 2.01. The number of benzene rings is 1. The minimum absolute atomic E-state index is 0. The summed E-state index contributed by atoms with van der Waals surface area (Å²) in [5, 5.41) is 0. The molecule has 9 heteroatoms. The molecular formula is C15H24ClFN2O4S. The van der Waals surface area contributed by atoms with Crippen molar-refractivity contribution in [2.75, 3.05) is 27.3 Å². The number of hydrogen-bond acceptors (Lipinski definition) is 5. The van der Waals surface area contributed by atoms with E-state index >= 15 is 0 Å². The number of rotatable bonds is 5. The van der Waals surface area contributed by atoms with Crippen molar-refractivity contribution >= 4 is 22.4 Å². The van der Waals surface area contributed by atoms with Crippen LogP contribution in [0.4, 0.5) is 4.39 Å². The Kier molecular flexibility index (Phi) is 7.27. The largest absolute Gasteiger partial charge is 0.493 e. The van der Waals surface area contributed by atoms with Crippen LogP contribution < -0.4 is 15.2 Å². The van der Waals surface area contributed by atoms with E-state index in [-0.39, 0.29) is 35.9 Å². The quantitative estimate of drug-likeness (QED) is 0.842. The van der Waals surface area contributed by atoms with Gasteiger partial charge >= 0.3 is 0 Å². The van der Waals surface area contributed by atoms with Crippen LogP contribution in [0.2, 0.25) is 0 Å². The summed E-state index contributed by atoms with van der Waals surface area (Å²) in [5.41, 5.74) is 5.89. The SMILES string of the molecule is COc1cc(F)c(S(=O)(=O)N2CCCC(C(C)N)C2)cc1OC.Cl. The molecule has 0 aliphatic carbocycles. The molecule has 0 spiro atoms. The molecular weight excluding hydrogens is 359 g/mol. The number of piperidine rings is 1. The number of nitrogens with zero attached hydrogens (tertiary/aromatic N) is 1. The first-order valence-electron chi connectivity index (χ1n) is 7.48. The molecule has 2 unspecified atom stereocenters. The second-order valence-electron chi connectivity index (χ2n) is 5.76. The van der Waals surface area contributed by atoms with Crippen molar-refractivity contribution in [1.82, 2.24) is 4.31 Å². The van der Waals surface area contributed by atoms with E-state index in [1.807, 2.05) is 6.92 Å². The maximum atomic E-state index is 14.3. The van der Waals surface area contributed by atoms with Gasteiger partial charge in [0, 0.05) is 31.3 Å². The van der Waals surface area contributed by atoms with Gasteiger partial charge in [0.05, 0.1) is 14.2 Å². The molecule has 1 heterocycles. The van der Waals surface area contributed by atoms with Gasteiger partial charge in [-0.05, 0) is 25.7 Å². The molecule has 2 rings (SSSR count). The minimum Gasteiger partial charge on any atom is -0.493 e. The number of hydrogen-bond donors (Lipinski definition) is 1. The maximum absolute atomic E-state index is 14.3.